The van der Waals surface area contributed by atoms with Gasteiger partial charge in [-0.2, -0.15) is 0 Å². The summed E-state index contributed by atoms with van der Waals surface area (Å²) in [7, 11) is -0.710. The zero-order chi connectivity index (χ0) is 13.1. The van der Waals surface area contributed by atoms with Gasteiger partial charge < -0.3 is 5.32 Å². The summed E-state index contributed by atoms with van der Waals surface area (Å²) in [5.74, 6) is 1.20. The van der Waals surface area contributed by atoms with Crippen molar-refractivity contribution in [1.29, 1.82) is 0 Å². The number of carbonyl (C=O) groups is 1. The molecule has 1 aliphatic rings. The van der Waals surface area contributed by atoms with Gasteiger partial charge in [-0.3, -0.25) is 9.00 Å². The molecule has 1 aromatic rings. The summed E-state index contributed by atoms with van der Waals surface area (Å²) in [6, 6.07) is 5.24. The first-order valence-electron chi connectivity index (χ1n) is 5.67. The maximum Gasteiger partial charge on any atom is 0.252 e. The van der Waals surface area contributed by atoms with E-state index in [-0.39, 0.29) is 11.9 Å². The number of hydrogen-bond acceptors (Lipinski definition) is 2. The van der Waals surface area contributed by atoms with Crippen LogP contribution in [0.5, 0.6) is 0 Å². The fourth-order valence-corrected chi connectivity index (χ4v) is 3.77. The van der Waals surface area contributed by atoms with Crippen LogP contribution in [-0.4, -0.2) is 27.7 Å². The largest absolute Gasteiger partial charge is 0.349 e. The van der Waals surface area contributed by atoms with Gasteiger partial charge >= 0.3 is 0 Å². The second-order valence-electron chi connectivity index (χ2n) is 4.22. The number of halogens is 2. The summed E-state index contributed by atoms with van der Waals surface area (Å²) in [6.45, 7) is 0. The molecule has 98 valence electrons. The van der Waals surface area contributed by atoms with E-state index in [1.807, 2.05) is 0 Å². The van der Waals surface area contributed by atoms with Crippen LogP contribution < -0.4 is 5.32 Å². The van der Waals surface area contributed by atoms with Gasteiger partial charge in [-0.15, -0.1) is 0 Å². The number of nitrogens with one attached hydrogen (secondary N) is 1. The summed E-state index contributed by atoms with van der Waals surface area (Å²) in [6.07, 6.45) is 1.55. The highest BCUT2D eigenvalue weighted by Gasteiger charge is 2.21. The van der Waals surface area contributed by atoms with Crippen molar-refractivity contribution in [3.63, 3.8) is 0 Å². The van der Waals surface area contributed by atoms with Gasteiger partial charge in [-0.25, -0.2) is 0 Å². The van der Waals surface area contributed by atoms with E-state index in [0.29, 0.717) is 22.1 Å². The highest BCUT2D eigenvalue weighted by atomic mass is 79.9. The van der Waals surface area contributed by atoms with E-state index in [2.05, 4.69) is 21.2 Å². The predicted octanol–water partition coefficient (Wildman–Crippen LogP) is 2.74. The second-order valence-corrected chi connectivity index (χ2v) is 7.21. The van der Waals surface area contributed by atoms with Gasteiger partial charge in [0, 0.05) is 37.8 Å². The molecule has 1 saturated heterocycles. The first kappa shape index (κ1) is 14.0. The van der Waals surface area contributed by atoms with Gasteiger partial charge in [0.15, 0.2) is 0 Å². The van der Waals surface area contributed by atoms with Crippen molar-refractivity contribution in [2.24, 2.45) is 0 Å². The third-order valence-corrected chi connectivity index (χ3v) is 5.20. The average molecular weight is 351 g/mol. The number of benzene rings is 1. The molecule has 6 heteroatoms. The Morgan fingerprint density at radius 3 is 2.72 bits per heavy atom. The molecule has 2 rings (SSSR count). The molecule has 0 spiro atoms. The van der Waals surface area contributed by atoms with Crippen molar-refractivity contribution in [3.8, 4) is 0 Å². The van der Waals surface area contributed by atoms with E-state index in [9.17, 15) is 9.00 Å². The van der Waals surface area contributed by atoms with Crippen molar-refractivity contribution in [1.82, 2.24) is 5.32 Å². The second kappa shape index (κ2) is 6.17. The van der Waals surface area contributed by atoms with Crippen LogP contribution in [0, 0.1) is 0 Å². The van der Waals surface area contributed by atoms with Gasteiger partial charge in [-0.1, -0.05) is 11.6 Å². The molecule has 0 unspecified atom stereocenters. The third kappa shape index (κ3) is 3.56. The first-order valence-corrected chi connectivity index (χ1v) is 8.33. The Bertz CT molecular complexity index is 485. The Hall–Kier alpha value is -0.390. The molecule has 18 heavy (non-hydrogen) atoms. The molecule has 0 radical (unpaired) electrons. The monoisotopic (exact) mass is 349 g/mol. The number of rotatable bonds is 2. The molecule has 1 fully saturated rings. The van der Waals surface area contributed by atoms with Crippen molar-refractivity contribution >= 4 is 44.2 Å². The predicted molar refractivity (Wildman–Crippen MR) is 77.5 cm³/mol. The maximum atomic E-state index is 12.1. The molecule has 3 nitrogen and oxygen atoms in total. The van der Waals surface area contributed by atoms with Gasteiger partial charge in [-0.05, 0) is 47.0 Å². The molecule has 1 aromatic carbocycles. The highest BCUT2D eigenvalue weighted by molar-refractivity contribution is 9.10. The summed E-state index contributed by atoms with van der Waals surface area (Å²) < 4.78 is 12.0. The van der Waals surface area contributed by atoms with Crippen molar-refractivity contribution in [2.45, 2.75) is 18.9 Å². The highest BCUT2D eigenvalue weighted by Crippen LogP contribution is 2.21. The maximum absolute atomic E-state index is 12.1. The molecule has 1 amide bonds. The quantitative estimate of drug-likeness (QED) is 0.891. The third-order valence-electron chi connectivity index (χ3n) is 2.90. The van der Waals surface area contributed by atoms with Crippen molar-refractivity contribution < 1.29 is 9.00 Å². The molecule has 1 heterocycles. The molecule has 0 aliphatic carbocycles. The van der Waals surface area contributed by atoms with E-state index in [1.54, 1.807) is 18.2 Å². The van der Waals surface area contributed by atoms with E-state index in [1.165, 1.54) is 0 Å². The topological polar surface area (TPSA) is 46.2 Å². The molecule has 1 aliphatic heterocycles. The molecule has 1 N–H and O–H groups in total. The Kier molecular flexibility index (Phi) is 4.81. The van der Waals surface area contributed by atoms with Crippen molar-refractivity contribution in [3.05, 3.63) is 33.3 Å². The molecule has 0 saturated carbocycles. The minimum Gasteiger partial charge on any atom is -0.349 e. The lowest BCUT2D eigenvalue weighted by molar-refractivity contribution is 0.0934. The summed E-state index contributed by atoms with van der Waals surface area (Å²) in [5, 5.41) is 3.50. The molecule has 0 atom stereocenters. The van der Waals surface area contributed by atoms with Crippen LogP contribution in [0.2, 0.25) is 5.02 Å². The van der Waals surface area contributed by atoms with Crippen LogP contribution in [0.15, 0.2) is 22.7 Å². The molecular weight excluding hydrogens is 338 g/mol. The fraction of sp³-hybridized carbons (Fsp3) is 0.417. The Balaban J connectivity index is 2.03. The van der Waals surface area contributed by atoms with Crippen molar-refractivity contribution in [2.75, 3.05) is 11.5 Å². The zero-order valence-electron chi connectivity index (χ0n) is 9.62. The summed E-state index contributed by atoms with van der Waals surface area (Å²) in [4.78, 5) is 12.1. The lowest BCUT2D eigenvalue weighted by Crippen LogP contribution is -2.39. The van der Waals surface area contributed by atoms with Gasteiger partial charge in [0.2, 0.25) is 0 Å². The summed E-state index contributed by atoms with van der Waals surface area (Å²) >= 11 is 9.22. The molecular formula is C12H13BrClNO2S. The smallest absolute Gasteiger partial charge is 0.252 e. The lowest BCUT2D eigenvalue weighted by atomic mass is 10.1. The SMILES string of the molecule is O=C(NC1CCS(=O)CC1)c1cc(Cl)ccc1Br. The van der Waals surface area contributed by atoms with E-state index >= 15 is 0 Å². The van der Waals surface area contributed by atoms with Crippen LogP contribution in [0.4, 0.5) is 0 Å². The van der Waals surface area contributed by atoms with Crippen LogP contribution >= 0.6 is 27.5 Å². The van der Waals surface area contributed by atoms with Crippen LogP contribution in [-0.2, 0) is 10.8 Å². The number of carbonyl (C=O) groups excluding carboxylic acids is 1. The molecule has 0 aromatic heterocycles. The number of amides is 1. The van der Waals surface area contributed by atoms with Crippen LogP contribution in [0.25, 0.3) is 0 Å². The minimum absolute atomic E-state index is 0.112. The van der Waals surface area contributed by atoms with Gasteiger partial charge in [0.25, 0.3) is 5.91 Å². The Morgan fingerprint density at radius 2 is 2.06 bits per heavy atom. The standard InChI is InChI=1S/C12H13BrClNO2S/c13-11-2-1-8(14)7-10(11)12(16)15-9-3-5-18(17)6-4-9/h1-2,7,9H,3-6H2,(H,15,16). The normalized spacial score (nSPS) is 23.7. The Morgan fingerprint density at radius 1 is 1.39 bits per heavy atom. The average Bonchev–Trinajstić information content (AvgIpc) is 2.35. The summed E-state index contributed by atoms with van der Waals surface area (Å²) in [5.41, 5.74) is 0.536. The van der Waals surface area contributed by atoms with E-state index < -0.39 is 10.8 Å². The minimum atomic E-state index is -0.710. The van der Waals surface area contributed by atoms with E-state index in [0.717, 1.165) is 17.3 Å². The van der Waals surface area contributed by atoms with Crippen LogP contribution in [0.1, 0.15) is 23.2 Å². The lowest BCUT2D eigenvalue weighted by Gasteiger charge is -2.22. The van der Waals surface area contributed by atoms with Crippen LogP contribution in [0.3, 0.4) is 0 Å². The van der Waals surface area contributed by atoms with E-state index in [4.69, 9.17) is 11.6 Å². The van der Waals surface area contributed by atoms with Gasteiger partial charge in [0.05, 0.1) is 5.56 Å². The fourth-order valence-electron chi connectivity index (χ4n) is 1.87. The molecule has 0 bridgehead atoms. The zero-order valence-corrected chi connectivity index (χ0v) is 12.8. The van der Waals surface area contributed by atoms with Gasteiger partial charge in [0.1, 0.15) is 0 Å². The Labute approximate surface area is 122 Å². The first-order chi connectivity index (χ1) is 8.56. The number of hydrogen-bond donors (Lipinski definition) is 1.